The monoisotopic (exact) mass is 270 g/mol. The SMILES string of the molecule is Cc1cc(F)cc(CNc2ncnc3[nH]c(C)cc23)c1. The van der Waals surface area contributed by atoms with E-state index in [-0.39, 0.29) is 5.82 Å². The molecule has 2 aromatic heterocycles. The van der Waals surface area contributed by atoms with Crippen LogP contribution in [0.2, 0.25) is 0 Å². The molecule has 0 bridgehead atoms. The number of aromatic nitrogens is 3. The molecule has 0 fully saturated rings. The molecule has 0 aliphatic carbocycles. The molecule has 3 aromatic rings. The molecule has 3 rings (SSSR count). The van der Waals surface area contributed by atoms with Gasteiger partial charge in [-0.25, -0.2) is 14.4 Å². The van der Waals surface area contributed by atoms with Crippen molar-refractivity contribution in [3.63, 3.8) is 0 Å². The second kappa shape index (κ2) is 4.92. The van der Waals surface area contributed by atoms with Gasteiger partial charge in [0, 0.05) is 12.2 Å². The van der Waals surface area contributed by atoms with Gasteiger partial charge in [0.1, 0.15) is 23.6 Å². The van der Waals surface area contributed by atoms with Crippen LogP contribution in [0.1, 0.15) is 16.8 Å². The summed E-state index contributed by atoms with van der Waals surface area (Å²) in [7, 11) is 0. The van der Waals surface area contributed by atoms with Gasteiger partial charge in [0.2, 0.25) is 0 Å². The molecule has 4 nitrogen and oxygen atoms in total. The van der Waals surface area contributed by atoms with E-state index in [1.807, 2.05) is 26.0 Å². The quantitative estimate of drug-likeness (QED) is 0.767. The maximum absolute atomic E-state index is 13.4. The largest absolute Gasteiger partial charge is 0.365 e. The fraction of sp³-hybridized carbons (Fsp3) is 0.200. The van der Waals surface area contributed by atoms with Gasteiger partial charge in [-0.05, 0) is 43.2 Å². The summed E-state index contributed by atoms with van der Waals surface area (Å²) in [4.78, 5) is 11.6. The first-order valence-electron chi connectivity index (χ1n) is 6.42. The summed E-state index contributed by atoms with van der Waals surface area (Å²) in [5.41, 5.74) is 3.63. The zero-order valence-corrected chi connectivity index (χ0v) is 11.4. The summed E-state index contributed by atoms with van der Waals surface area (Å²) >= 11 is 0. The lowest BCUT2D eigenvalue weighted by molar-refractivity contribution is 0.624. The lowest BCUT2D eigenvalue weighted by Crippen LogP contribution is -2.02. The summed E-state index contributed by atoms with van der Waals surface area (Å²) in [5, 5.41) is 4.18. The van der Waals surface area contributed by atoms with Crippen molar-refractivity contribution >= 4 is 16.9 Å². The molecule has 5 heteroatoms. The third-order valence-corrected chi connectivity index (χ3v) is 3.12. The fourth-order valence-corrected chi connectivity index (χ4v) is 2.31. The van der Waals surface area contributed by atoms with Crippen molar-refractivity contribution in [1.82, 2.24) is 15.0 Å². The molecule has 0 spiro atoms. The summed E-state index contributed by atoms with van der Waals surface area (Å²) in [5.74, 6) is 0.536. The molecular weight excluding hydrogens is 255 g/mol. The van der Waals surface area contributed by atoms with Crippen molar-refractivity contribution in [2.75, 3.05) is 5.32 Å². The number of hydrogen-bond acceptors (Lipinski definition) is 3. The van der Waals surface area contributed by atoms with Crippen LogP contribution in [-0.4, -0.2) is 15.0 Å². The van der Waals surface area contributed by atoms with Crippen LogP contribution in [0.3, 0.4) is 0 Å². The summed E-state index contributed by atoms with van der Waals surface area (Å²) in [6.45, 7) is 4.38. The Balaban J connectivity index is 1.86. The van der Waals surface area contributed by atoms with Crippen LogP contribution in [0.4, 0.5) is 10.2 Å². The van der Waals surface area contributed by atoms with Gasteiger partial charge in [-0.3, -0.25) is 0 Å². The molecule has 2 heterocycles. The third-order valence-electron chi connectivity index (χ3n) is 3.12. The van der Waals surface area contributed by atoms with Crippen molar-refractivity contribution in [2.45, 2.75) is 20.4 Å². The minimum Gasteiger partial charge on any atom is -0.365 e. The van der Waals surface area contributed by atoms with Crippen molar-refractivity contribution in [2.24, 2.45) is 0 Å². The van der Waals surface area contributed by atoms with Gasteiger partial charge in [0.15, 0.2) is 0 Å². The lowest BCUT2D eigenvalue weighted by Gasteiger charge is -2.07. The highest BCUT2D eigenvalue weighted by Crippen LogP contribution is 2.20. The Kier molecular flexibility index (Phi) is 3.10. The van der Waals surface area contributed by atoms with Crippen LogP contribution in [0.5, 0.6) is 0 Å². The first-order chi connectivity index (χ1) is 9.61. The molecule has 0 amide bonds. The van der Waals surface area contributed by atoms with E-state index in [0.29, 0.717) is 6.54 Å². The first kappa shape index (κ1) is 12.6. The number of fused-ring (bicyclic) bond motifs is 1. The van der Waals surface area contributed by atoms with Crippen molar-refractivity contribution < 1.29 is 4.39 Å². The molecule has 20 heavy (non-hydrogen) atoms. The Morgan fingerprint density at radius 1 is 1.15 bits per heavy atom. The van der Waals surface area contributed by atoms with Crippen LogP contribution in [0.25, 0.3) is 11.0 Å². The predicted octanol–water partition coefficient (Wildman–Crippen LogP) is 3.33. The zero-order valence-electron chi connectivity index (χ0n) is 11.4. The van der Waals surface area contributed by atoms with E-state index in [1.54, 1.807) is 0 Å². The summed E-state index contributed by atoms with van der Waals surface area (Å²) in [6.07, 6.45) is 1.51. The second-order valence-corrected chi connectivity index (χ2v) is 4.93. The molecular formula is C15H15FN4. The fourth-order valence-electron chi connectivity index (χ4n) is 2.31. The molecule has 0 radical (unpaired) electrons. The minimum absolute atomic E-state index is 0.216. The van der Waals surface area contributed by atoms with Gasteiger partial charge in [-0.15, -0.1) is 0 Å². The van der Waals surface area contributed by atoms with Crippen LogP contribution in [0.15, 0.2) is 30.6 Å². The number of hydrogen-bond donors (Lipinski definition) is 2. The Bertz CT molecular complexity index is 743. The van der Waals surface area contributed by atoms with Gasteiger partial charge in [-0.1, -0.05) is 6.07 Å². The van der Waals surface area contributed by atoms with Gasteiger partial charge >= 0.3 is 0 Å². The first-order valence-corrected chi connectivity index (χ1v) is 6.42. The number of anilines is 1. The van der Waals surface area contributed by atoms with Crippen LogP contribution in [0, 0.1) is 19.7 Å². The molecule has 0 aliphatic heterocycles. The molecule has 2 N–H and O–H groups in total. The van der Waals surface area contributed by atoms with E-state index in [1.165, 1.54) is 18.5 Å². The number of nitrogens with zero attached hydrogens (tertiary/aromatic N) is 2. The molecule has 0 aliphatic rings. The number of halogens is 1. The van der Waals surface area contributed by atoms with E-state index in [0.717, 1.165) is 33.7 Å². The minimum atomic E-state index is -0.216. The number of H-pyrrole nitrogens is 1. The average Bonchev–Trinajstić information content (AvgIpc) is 2.76. The number of nitrogens with one attached hydrogen (secondary N) is 2. The second-order valence-electron chi connectivity index (χ2n) is 4.93. The standard InChI is InChI=1S/C15H15FN4/c1-9-3-11(6-12(16)4-9)7-17-14-13-5-10(2)20-15(13)19-8-18-14/h3-6,8H,7H2,1-2H3,(H2,17,18,19,20). The third kappa shape index (κ3) is 2.47. The summed E-state index contributed by atoms with van der Waals surface area (Å²) < 4.78 is 13.4. The van der Waals surface area contributed by atoms with Gasteiger partial charge in [0.05, 0.1) is 5.39 Å². The smallest absolute Gasteiger partial charge is 0.143 e. The van der Waals surface area contributed by atoms with Crippen molar-refractivity contribution in [3.8, 4) is 0 Å². The van der Waals surface area contributed by atoms with E-state index in [9.17, 15) is 4.39 Å². The van der Waals surface area contributed by atoms with Crippen molar-refractivity contribution in [3.05, 3.63) is 53.2 Å². The maximum atomic E-state index is 13.4. The Morgan fingerprint density at radius 2 is 2.00 bits per heavy atom. The molecule has 0 atom stereocenters. The molecule has 0 saturated carbocycles. The van der Waals surface area contributed by atoms with E-state index in [2.05, 4.69) is 20.3 Å². The number of benzene rings is 1. The van der Waals surface area contributed by atoms with Gasteiger partial charge < -0.3 is 10.3 Å². The maximum Gasteiger partial charge on any atom is 0.143 e. The van der Waals surface area contributed by atoms with E-state index in [4.69, 9.17) is 0 Å². The Hall–Kier alpha value is -2.43. The van der Waals surface area contributed by atoms with Crippen molar-refractivity contribution in [1.29, 1.82) is 0 Å². The number of aryl methyl sites for hydroxylation is 2. The number of aromatic amines is 1. The zero-order chi connectivity index (χ0) is 14.1. The van der Waals surface area contributed by atoms with E-state index < -0.39 is 0 Å². The Labute approximate surface area is 116 Å². The summed E-state index contributed by atoms with van der Waals surface area (Å²) in [6, 6.07) is 6.99. The Morgan fingerprint density at radius 3 is 2.80 bits per heavy atom. The number of rotatable bonds is 3. The highest BCUT2D eigenvalue weighted by Gasteiger charge is 2.06. The average molecular weight is 270 g/mol. The highest BCUT2D eigenvalue weighted by atomic mass is 19.1. The normalized spacial score (nSPS) is 10.9. The predicted molar refractivity (Wildman–Crippen MR) is 77.1 cm³/mol. The molecule has 1 aromatic carbocycles. The highest BCUT2D eigenvalue weighted by molar-refractivity contribution is 5.87. The topological polar surface area (TPSA) is 53.6 Å². The molecule has 0 unspecified atom stereocenters. The van der Waals surface area contributed by atoms with Gasteiger partial charge in [0.25, 0.3) is 0 Å². The lowest BCUT2D eigenvalue weighted by atomic mass is 10.1. The van der Waals surface area contributed by atoms with Gasteiger partial charge in [-0.2, -0.15) is 0 Å². The van der Waals surface area contributed by atoms with Crippen LogP contribution >= 0.6 is 0 Å². The van der Waals surface area contributed by atoms with E-state index >= 15 is 0 Å². The van der Waals surface area contributed by atoms with Crippen LogP contribution < -0.4 is 5.32 Å². The molecule has 102 valence electrons. The molecule has 0 saturated heterocycles. The van der Waals surface area contributed by atoms with Crippen LogP contribution in [-0.2, 0) is 6.54 Å².